The molecule has 1 fully saturated rings. The summed E-state index contributed by atoms with van der Waals surface area (Å²) in [6, 6.07) is 17.0. The number of methoxy groups -OCH3 is 1. The highest BCUT2D eigenvalue weighted by Crippen LogP contribution is 2.23. The number of amides is 3. The minimum absolute atomic E-state index is 0.0551. The van der Waals surface area contributed by atoms with Crippen molar-refractivity contribution < 1.29 is 14.3 Å². The normalized spacial score (nSPS) is 14.4. The molecule has 2 aromatic carbocycles. The van der Waals surface area contributed by atoms with Gasteiger partial charge in [-0.3, -0.25) is 4.79 Å². The fraction of sp³-hybridized carbons (Fsp3) is 0.364. The van der Waals surface area contributed by atoms with Crippen LogP contribution in [0.2, 0.25) is 0 Å². The summed E-state index contributed by atoms with van der Waals surface area (Å²) in [4.78, 5) is 28.8. The first kappa shape index (κ1) is 19.7. The van der Waals surface area contributed by atoms with Gasteiger partial charge in [-0.1, -0.05) is 36.4 Å². The number of benzene rings is 2. The molecule has 0 bridgehead atoms. The van der Waals surface area contributed by atoms with Gasteiger partial charge in [0.1, 0.15) is 5.75 Å². The molecule has 0 radical (unpaired) electrons. The van der Waals surface area contributed by atoms with Crippen LogP contribution in [0.3, 0.4) is 0 Å². The predicted molar refractivity (Wildman–Crippen MR) is 109 cm³/mol. The number of carbonyl (C=O) groups excluding carboxylic acids is 2. The lowest BCUT2D eigenvalue weighted by Crippen LogP contribution is -2.44. The molecule has 6 nitrogen and oxygen atoms in total. The average molecular weight is 381 g/mol. The van der Waals surface area contributed by atoms with Crippen LogP contribution in [0.5, 0.6) is 5.75 Å². The molecule has 28 heavy (non-hydrogen) atoms. The highest BCUT2D eigenvalue weighted by molar-refractivity contribution is 5.89. The van der Waals surface area contributed by atoms with Crippen molar-refractivity contribution in [3.63, 3.8) is 0 Å². The second kappa shape index (κ2) is 9.26. The van der Waals surface area contributed by atoms with Gasteiger partial charge >= 0.3 is 6.03 Å². The Labute approximate surface area is 166 Å². The maximum absolute atomic E-state index is 12.8. The third-order valence-corrected chi connectivity index (χ3v) is 5.13. The number of ether oxygens (including phenoxy) is 1. The van der Waals surface area contributed by atoms with E-state index in [1.165, 1.54) is 0 Å². The van der Waals surface area contributed by atoms with Crippen molar-refractivity contribution in [1.82, 2.24) is 9.80 Å². The van der Waals surface area contributed by atoms with Crippen LogP contribution in [0.4, 0.5) is 10.5 Å². The molecular formula is C22H27N3O3. The van der Waals surface area contributed by atoms with Gasteiger partial charge in [-0.05, 0) is 31.0 Å². The molecule has 0 aliphatic carbocycles. The molecule has 148 valence electrons. The van der Waals surface area contributed by atoms with E-state index in [-0.39, 0.29) is 17.9 Å². The van der Waals surface area contributed by atoms with Crippen molar-refractivity contribution in [2.75, 3.05) is 32.6 Å². The Morgan fingerprint density at radius 3 is 2.39 bits per heavy atom. The van der Waals surface area contributed by atoms with E-state index >= 15 is 0 Å². The Bertz CT molecular complexity index is 802. The van der Waals surface area contributed by atoms with Gasteiger partial charge in [-0.25, -0.2) is 4.79 Å². The van der Waals surface area contributed by atoms with Crippen molar-refractivity contribution in [3.05, 3.63) is 60.2 Å². The van der Waals surface area contributed by atoms with Gasteiger partial charge in [0.25, 0.3) is 0 Å². The Balaban J connectivity index is 1.51. The first-order valence-corrected chi connectivity index (χ1v) is 9.56. The van der Waals surface area contributed by atoms with Crippen LogP contribution in [0.1, 0.15) is 18.4 Å². The number of urea groups is 1. The minimum Gasteiger partial charge on any atom is -0.496 e. The second-order valence-corrected chi connectivity index (χ2v) is 7.06. The maximum Gasteiger partial charge on any atom is 0.321 e. The number of carbonyl (C=O) groups is 2. The molecule has 3 rings (SSSR count). The van der Waals surface area contributed by atoms with Crippen LogP contribution < -0.4 is 10.1 Å². The van der Waals surface area contributed by atoms with Gasteiger partial charge in [-0.2, -0.15) is 0 Å². The van der Waals surface area contributed by atoms with E-state index in [4.69, 9.17) is 4.74 Å². The van der Waals surface area contributed by atoms with Crippen molar-refractivity contribution in [2.24, 2.45) is 5.92 Å². The Hall–Kier alpha value is -3.02. The van der Waals surface area contributed by atoms with E-state index < -0.39 is 0 Å². The number of anilines is 1. The van der Waals surface area contributed by atoms with Crippen LogP contribution in [-0.2, 0) is 11.3 Å². The summed E-state index contributed by atoms with van der Waals surface area (Å²) in [5.74, 6) is 0.851. The predicted octanol–water partition coefficient (Wildman–Crippen LogP) is 3.60. The summed E-state index contributed by atoms with van der Waals surface area (Å²) < 4.78 is 5.37. The van der Waals surface area contributed by atoms with Gasteiger partial charge in [0.2, 0.25) is 5.91 Å². The Morgan fingerprint density at radius 1 is 1.07 bits per heavy atom. The van der Waals surface area contributed by atoms with Crippen molar-refractivity contribution >= 4 is 17.6 Å². The van der Waals surface area contributed by atoms with E-state index in [2.05, 4.69) is 5.32 Å². The number of para-hydroxylation sites is 2. The lowest BCUT2D eigenvalue weighted by atomic mass is 9.95. The molecular weight excluding hydrogens is 354 g/mol. The Kier molecular flexibility index (Phi) is 6.53. The van der Waals surface area contributed by atoms with Crippen molar-refractivity contribution in [2.45, 2.75) is 19.4 Å². The number of nitrogens with one attached hydrogen (secondary N) is 1. The third-order valence-electron chi connectivity index (χ3n) is 5.13. The number of piperidine rings is 1. The van der Waals surface area contributed by atoms with Gasteiger partial charge in [0.05, 0.1) is 7.11 Å². The van der Waals surface area contributed by atoms with Gasteiger partial charge < -0.3 is 19.9 Å². The van der Waals surface area contributed by atoms with E-state index in [1.54, 1.807) is 16.9 Å². The average Bonchev–Trinajstić information content (AvgIpc) is 2.74. The van der Waals surface area contributed by atoms with Gasteiger partial charge in [-0.15, -0.1) is 0 Å². The first-order chi connectivity index (χ1) is 13.6. The van der Waals surface area contributed by atoms with Gasteiger partial charge in [0.15, 0.2) is 0 Å². The number of rotatable bonds is 5. The van der Waals surface area contributed by atoms with Crippen molar-refractivity contribution in [1.29, 1.82) is 0 Å². The molecule has 2 aromatic rings. The van der Waals surface area contributed by atoms with Crippen LogP contribution in [0.15, 0.2) is 54.6 Å². The first-order valence-electron chi connectivity index (χ1n) is 9.56. The Morgan fingerprint density at radius 2 is 1.71 bits per heavy atom. The molecule has 1 saturated heterocycles. The number of likely N-dealkylation sites (tertiary alicyclic amines) is 1. The lowest BCUT2D eigenvalue weighted by Gasteiger charge is -2.33. The zero-order valence-electron chi connectivity index (χ0n) is 16.4. The number of hydrogen-bond donors (Lipinski definition) is 1. The highest BCUT2D eigenvalue weighted by Gasteiger charge is 2.29. The van der Waals surface area contributed by atoms with E-state index in [0.29, 0.717) is 32.5 Å². The zero-order valence-corrected chi connectivity index (χ0v) is 16.4. The summed E-state index contributed by atoms with van der Waals surface area (Å²) in [5.41, 5.74) is 1.77. The zero-order chi connectivity index (χ0) is 19.9. The molecule has 1 heterocycles. The molecule has 1 aliphatic heterocycles. The van der Waals surface area contributed by atoms with E-state index in [0.717, 1.165) is 17.0 Å². The maximum atomic E-state index is 12.8. The van der Waals surface area contributed by atoms with Crippen LogP contribution in [0.25, 0.3) is 0 Å². The summed E-state index contributed by atoms with van der Waals surface area (Å²) in [6.45, 7) is 1.67. The summed E-state index contributed by atoms with van der Waals surface area (Å²) in [6.07, 6.45) is 1.36. The summed E-state index contributed by atoms with van der Waals surface area (Å²) in [7, 11) is 3.46. The van der Waals surface area contributed by atoms with E-state index in [1.807, 2.05) is 61.6 Å². The monoisotopic (exact) mass is 381 g/mol. The topological polar surface area (TPSA) is 61.9 Å². The summed E-state index contributed by atoms with van der Waals surface area (Å²) >= 11 is 0. The highest BCUT2D eigenvalue weighted by atomic mass is 16.5. The molecule has 0 spiro atoms. The van der Waals surface area contributed by atoms with Crippen LogP contribution >= 0.6 is 0 Å². The molecule has 3 amide bonds. The van der Waals surface area contributed by atoms with Crippen molar-refractivity contribution in [3.8, 4) is 5.75 Å². The van der Waals surface area contributed by atoms with Crippen LogP contribution in [-0.4, -0.2) is 49.0 Å². The lowest BCUT2D eigenvalue weighted by molar-refractivity contribution is -0.136. The third kappa shape index (κ3) is 4.82. The molecule has 6 heteroatoms. The molecule has 0 atom stereocenters. The second-order valence-electron chi connectivity index (χ2n) is 7.06. The summed E-state index contributed by atoms with van der Waals surface area (Å²) in [5, 5.41) is 2.90. The van der Waals surface area contributed by atoms with E-state index in [9.17, 15) is 9.59 Å². The van der Waals surface area contributed by atoms with Gasteiger partial charge in [0, 0.05) is 43.9 Å². The molecule has 1 N–H and O–H groups in total. The fourth-order valence-electron chi connectivity index (χ4n) is 3.53. The van der Waals surface area contributed by atoms with Crippen LogP contribution in [0, 0.1) is 5.92 Å². The molecule has 0 unspecified atom stereocenters. The number of hydrogen-bond acceptors (Lipinski definition) is 3. The molecule has 0 saturated carbocycles. The standard InChI is InChI=1S/C22H27N3O3/c1-24(16-18-8-6-7-11-20(18)28-2)21(26)17-12-14-25(15-13-17)22(27)23-19-9-4-3-5-10-19/h3-11,17H,12-16H2,1-2H3,(H,23,27). The fourth-order valence-corrected chi connectivity index (χ4v) is 3.53. The largest absolute Gasteiger partial charge is 0.496 e. The minimum atomic E-state index is -0.112. The molecule has 1 aliphatic rings. The number of nitrogens with zero attached hydrogens (tertiary/aromatic N) is 2. The SMILES string of the molecule is COc1ccccc1CN(C)C(=O)C1CCN(C(=O)Nc2ccccc2)CC1. The smallest absolute Gasteiger partial charge is 0.321 e. The quantitative estimate of drug-likeness (QED) is 0.861. The molecule has 0 aromatic heterocycles.